The number of rotatable bonds is 4. The topological polar surface area (TPSA) is 40.5 Å². The predicted octanol–water partition coefficient (Wildman–Crippen LogP) is 6.25. The average Bonchev–Trinajstić information content (AvgIpc) is 2.72. The minimum absolute atomic E-state index is 0.0169. The van der Waals surface area contributed by atoms with Crippen molar-refractivity contribution in [3.63, 3.8) is 0 Å². The quantitative estimate of drug-likeness (QED) is 0.541. The summed E-state index contributed by atoms with van der Waals surface area (Å²) in [7, 11) is 0. The molecule has 3 aromatic rings. The normalized spacial score (nSPS) is 13.9. The first-order valence-electron chi connectivity index (χ1n) is 10.6. The Bertz CT molecular complexity index is 899. The molecule has 1 atom stereocenters. The molecule has 3 rings (SSSR count). The fourth-order valence-electron chi connectivity index (χ4n) is 3.81. The lowest BCUT2D eigenvalue weighted by atomic mass is 9.76. The molecule has 0 heterocycles. The Morgan fingerprint density at radius 3 is 1.20 bits per heavy atom. The van der Waals surface area contributed by atoms with Gasteiger partial charge in [-0.3, -0.25) is 0 Å². The van der Waals surface area contributed by atoms with Gasteiger partial charge in [0, 0.05) is 0 Å². The van der Waals surface area contributed by atoms with Gasteiger partial charge in [-0.1, -0.05) is 120 Å². The van der Waals surface area contributed by atoms with Crippen molar-refractivity contribution in [1.82, 2.24) is 0 Å². The monoisotopic (exact) mass is 402 g/mol. The molecule has 0 aromatic heterocycles. The zero-order chi connectivity index (χ0) is 22.2. The third kappa shape index (κ3) is 4.35. The summed E-state index contributed by atoms with van der Waals surface area (Å²) in [5.74, 6) is 0. The highest BCUT2D eigenvalue weighted by Gasteiger charge is 2.40. The summed E-state index contributed by atoms with van der Waals surface area (Å²) in [5.41, 5.74) is 2.88. The van der Waals surface area contributed by atoms with Gasteiger partial charge in [0.1, 0.15) is 11.7 Å². The largest absolute Gasteiger partial charge is 0.385 e. The first kappa shape index (κ1) is 22.3. The highest BCUT2D eigenvalue weighted by Crippen LogP contribution is 2.42. The molecule has 3 aromatic carbocycles. The van der Waals surface area contributed by atoms with Crippen LogP contribution in [0.15, 0.2) is 78.9 Å². The van der Waals surface area contributed by atoms with E-state index in [1.165, 1.54) is 11.1 Å². The van der Waals surface area contributed by atoms with E-state index in [9.17, 15) is 10.2 Å². The molecule has 2 nitrogen and oxygen atoms in total. The van der Waals surface area contributed by atoms with Crippen LogP contribution in [-0.2, 0) is 16.4 Å². The van der Waals surface area contributed by atoms with Gasteiger partial charge in [0.2, 0.25) is 0 Å². The van der Waals surface area contributed by atoms with E-state index in [4.69, 9.17) is 0 Å². The van der Waals surface area contributed by atoms with Crippen molar-refractivity contribution in [2.75, 3.05) is 0 Å². The van der Waals surface area contributed by atoms with Crippen LogP contribution in [0.2, 0.25) is 0 Å². The van der Waals surface area contributed by atoms with Gasteiger partial charge < -0.3 is 10.2 Å². The molecule has 0 bridgehead atoms. The van der Waals surface area contributed by atoms with Gasteiger partial charge in [-0.05, 0) is 38.6 Å². The van der Waals surface area contributed by atoms with Gasteiger partial charge in [-0.25, -0.2) is 0 Å². The molecule has 0 spiro atoms. The number of aliphatic hydroxyl groups is 2. The Labute approximate surface area is 181 Å². The molecule has 30 heavy (non-hydrogen) atoms. The van der Waals surface area contributed by atoms with Crippen molar-refractivity contribution in [2.45, 2.75) is 64.1 Å². The minimum atomic E-state index is -1.56. The fraction of sp³-hybridized carbons (Fsp3) is 0.357. The van der Waals surface area contributed by atoms with E-state index in [-0.39, 0.29) is 10.8 Å². The van der Waals surface area contributed by atoms with Gasteiger partial charge in [-0.15, -0.1) is 0 Å². The maximum Gasteiger partial charge on any atom is 0.145 e. The molecule has 0 amide bonds. The molecule has 2 heteroatoms. The summed E-state index contributed by atoms with van der Waals surface area (Å²) >= 11 is 0. The molecule has 0 unspecified atom stereocenters. The van der Waals surface area contributed by atoms with Crippen LogP contribution in [0.5, 0.6) is 0 Å². The molecule has 0 aliphatic rings. The summed E-state index contributed by atoms with van der Waals surface area (Å²) in [6.45, 7) is 13.0. The van der Waals surface area contributed by atoms with E-state index in [2.05, 4.69) is 41.5 Å². The van der Waals surface area contributed by atoms with E-state index >= 15 is 0 Å². The van der Waals surface area contributed by atoms with Crippen molar-refractivity contribution in [2.24, 2.45) is 0 Å². The lowest BCUT2D eigenvalue weighted by molar-refractivity contribution is -0.0518. The number of hydrogen-bond acceptors (Lipinski definition) is 2. The number of benzene rings is 3. The Morgan fingerprint density at radius 2 is 0.867 bits per heavy atom. The van der Waals surface area contributed by atoms with E-state index in [1.807, 2.05) is 78.9 Å². The van der Waals surface area contributed by atoms with Crippen LogP contribution in [0, 0.1) is 0 Å². The Kier molecular flexibility index (Phi) is 5.95. The standard InChI is InChI=1S/C28H34O2/c1-26(2,3)21-12-16-23(17-13-21)28(30,25(29)20-10-8-7-9-11-20)24-18-14-22(15-19-24)27(4,5)6/h7-19,25,29-30H,1-6H3/t25-/m0/s1. The highest BCUT2D eigenvalue weighted by atomic mass is 16.3. The van der Waals surface area contributed by atoms with E-state index in [1.54, 1.807) is 0 Å². The first-order chi connectivity index (χ1) is 13.9. The Hall–Kier alpha value is -2.42. The third-order valence-corrected chi connectivity index (χ3v) is 5.89. The van der Waals surface area contributed by atoms with Crippen LogP contribution >= 0.6 is 0 Å². The fourth-order valence-corrected chi connectivity index (χ4v) is 3.81. The van der Waals surface area contributed by atoms with Crippen molar-refractivity contribution in [3.05, 3.63) is 107 Å². The van der Waals surface area contributed by atoms with Crippen molar-refractivity contribution in [1.29, 1.82) is 0 Å². The summed E-state index contributed by atoms with van der Waals surface area (Å²) in [6, 6.07) is 25.3. The molecule has 0 aliphatic carbocycles. The molecule has 0 saturated heterocycles. The molecular formula is C28H34O2. The van der Waals surface area contributed by atoms with Gasteiger partial charge in [-0.2, -0.15) is 0 Å². The van der Waals surface area contributed by atoms with E-state index in [0.29, 0.717) is 16.7 Å². The maximum atomic E-state index is 12.0. The zero-order valence-corrected chi connectivity index (χ0v) is 19.0. The van der Waals surface area contributed by atoms with E-state index in [0.717, 1.165) is 0 Å². The summed E-state index contributed by atoms with van der Waals surface area (Å²) in [6.07, 6.45) is -1.10. The van der Waals surface area contributed by atoms with Gasteiger partial charge >= 0.3 is 0 Å². The van der Waals surface area contributed by atoms with E-state index < -0.39 is 11.7 Å². The lowest BCUT2D eigenvalue weighted by Gasteiger charge is -2.35. The molecule has 0 radical (unpaired) electrons. The van der Waals surface area contributed by atoms with Gasteiger partial charge in [0.15, 0.2) is 0 Å². The second kappa shape index (κ2) is 8.02. The van der Waals surface area contributed by atoms with Crippen molar-refractivity contribution < 1.29 is 10.2 Å². The lowest BCUT2D eigenvalue weighted by Crippen LogP contribution is -2.35. The molecular weight excluding hydrogens is 368 g/mol. The summed E-state index contributed by atoms with van der Waals surface area (Å²) in [5, 5.41) is 23.4. The maximum absolute atomic E-state index is 12.0. The molecule has 0 saturated carbocycles. The Morgan fingerprint density at radius 1 is 0.533 bits per heavy atom. The molecule has 0 aliphatic heterocycles. The van der Waals surface area contributed by atoms with Crippen LogP contribution < -0.4 is 0 Å². The van der Waals surface area contributed by atoms with Crippen LogP contribution in [0.1, 0.15) is 75.5 Å². The van der Waals surface area contributed by atoms with Gasteiger partial charge in [0.25, 0.3) is 0 Å². The first-order valence-corrected chi connectivity index (χ1v) is 10.6. The van der Waals surface area contributed by atoms with Crippen molar-refractivity contribution >= 4 is 0 Å². The second-order valence-electron chi connectivity index (χ2n) is 10.2. The third-order valence-electron chi connectivity index (χ3n) is 5.89. The molecule has 2 N–H and O–H groups in total. The Balaban J connectivity index is 2.14. The molecule has 0 fully saturated rings. The summed E-state index contributed by atoms with van der Waals surface area (Å²) < 4.78 is 0. The van der Waals surface area contributed by atoms with Crippen LogP contribution in [-0.4, -0.2) is 10.2 Å². The van der Waals surface area contributed by atoms with Gasteiger partial charge in [0.05, 0.1) is 0 Å². The van der Waals surface area contributed by atoms with Crippen LogP contribution in [0.4, 0.5) is 0 Å². The van der Waals surface area contributed by atoms with Crippen LogP contribution in [0.25, 0.3) is 0 Å². The minimum Gasteiger partial charge on any atom is -0.385 e. The van der Waals surface area contributed by atoms with Crippen molar-refractivity contribution in [3.8, 4) is 0 Å². The second-order valence-corrected chi connectivity index (χ2v) is 10.2. The number of hydrogen-bond donors (Lipinski definition) is 2. The van der Waals surface area contributed by atoms with Crippen LogP contribution in [0.3, 0.4) is 0 Å². The zero-order valence-electron chi connectivity index (χ0n) is 19.0. The highest BCUT2D eigenvalue weighted by molar-refractivity contribution is 5.43. The smallest absolute Gasteiger partial charge is 0.145 e. The predicted molar refractivity (Wildman–Crippen MR) is 125 cm³/mol. The average molecular weight is 403 g/mol. The number of aliphatic hydroxyl groups excluding tert-OH is 1. The molecule has 158 valence electrons. The SMILES string of the molecule is CC(C)(C)c1ccc(C(O)(c2ccc(C(C)(C)C)cc2)[C@@H](O)c2ccccc2)cc1. The summed E-state index contributed by atoms with van der Waals surface area (Å²) in [4.78, 5) is 0.